The Morgan fingerprint density at radius 2 is 2.05 bits per heavy atom. The van der Waals surface area contributed by atoms with Gasteiger partial charge in [-0.25, -0.2) is 8.42 Å². The van der Waals surface area contributed by atoms with Crippen LogP contribution in [-0.2, 0) is 9.84 Å². The number of nitrogens with two attached hydrogens (primary N) is 1. The molecule has 1 heterocycles. The van der Waals surface area contributed by atoms with Crippen LogP contribution in [-0.4, -0.2) is 27.8 Å². The summed E-state index contributed by atoms with van der Waals surface area (Å²) in [6.07, 6.45) is 1.98. The molecule has 7 heteroatoms. The van der Waals surface area contributed by atoms with Crippen LogP contribution in [0.4, 0.5) is 10.7 Å². The van der Waals surface area contributed by atoms with Crippen molar-refractivity contribution in [2.45, 2.75) is 31.6 Å². The van der Waals surface area contributed by atoms with Gasteiger partial charge in [0, 0.05) is 13.6 Å². The van der Waals surface area contributed by atoms with Crippen molar-refractivity contribution in [1.82, 2.24) is 0 Å². The van der Waals surface area contributed by atoms with Gasteiger partial charge in [0.15, 0.2) is 9.84 Å². The first-order valence-corrected chi connectivity index (χ1v) is 8.62. The first-order valence-electron chi connectivity index (χ1n) is 6.15. The first kappa shape index (κ1) is 15.8. The molecule has 0 aliphatic carbocycles. The highest BCUT2D eigenvalue weighted by molar-refractivity contribution is 7.91. The van der Waals surface area contributed by atoms with E-state index in [1.165, 1.54) is 0 Å². The van der Waals surface area contributed by atoms with Crippen LogP contribution in [0.2, 0.25) is 0 Å². The summed E-state index contributed by atoms with van der Waals surface area (Å²) in [7, 11) is -1.60. The molecule has 19 heavy (non-hydrogen) atoms. The Balaban J connectivity index is 3.36. The van der Waals surface area contributed by atoms with Gasteiger partial charge in [0.05, 0.1) is 11.4 Å². The van der Waals surface area contributed by atoms with Gasteiger partial charge in [0.1, 0.15) is 20.8 Å². The molecule has 0 aliphatic rings. The second kappa shape index (κ2) is 6.26. The van der Waals surface area contributed by atoms with E-state index in [9.17, 15) is 8.42 Å². The van der Waals surface area contributed by atoms with Crippen LogP contribution >= 0.6 is 11.3 Å². The molecule has 0 spiro atoms. The summed E-state index contributed by atoms with van der Waals surface area (Å²) in [5.41, 5.74) is 5.92. The molecule has 0 amide bonds. The molecule has 0 saturated carbocycles. The third kappa shape index (κ3) is 3.19. The lowest BCUT2D eigenvalue weighted by atomic mass is 10.3. The van der Waals surface area contributed by atoms with Crippen molar-refractivity contribution in [2.75, 3.05) is 30.0 Å². The van der Waals surface area contributed by atoms with Crippen LogP contribution in [0.3, 0.4) is 0 Å². The van der Waals surface area contributed by atoms with Crippen LogP contribution in [0.5, 0.6) is 0 Å². The molecule has 0 bridgehead atoms. The number of unbranched alkanes of at least 4 members (excludes halogenated alkanes) is 1. The largest absolute Gasteiger partial charge is 0.396 e. The second-order valence-electron chi connectivity index (χ2n) is 4.27. The van der Waals surface area contributed by atoms with Gasteiger partial charge >= 0.3 is 0 Å². The van der Waals surface area contributed by atoms with Gasteiger partial charge in [-0.05, 0) is 6.42 Å². The Hall–Kier alpha value is -1.26. The normalized spacial score (nSPS) is 11.3. The lowest BCUT2D eigenvalue weighted by Crippen LogP contribution is -2.20. The molecule has 1 rings (SSSR count). The molecule has 1 aromatic heterocycles. The maximum absolute atomic E-state index is 12.1. The first-order chi connectivity index (χ1) is 8.88. The van der Waals surface area contributed by atoms with Gasteiger partial charge in [-0.1, -0.05) is 20.3 Å². The number of nitriles is 1. The predicted molar refractivity (Wildman–Crippen MR) is 79.4 cm³/mol. The van der Waals surface area contributed by atoms with E-state index in [1.54, 1.807) is 6.92 Å². The van der Waals surface area contributed by atoms with Crippen LogP contribution in [0, 0.1) is 11.3 Å². The van der Waals surface area contributed by atoms with Crippen LogP contribution < -0.4 is 10.6 Å². The number of hydrogen-bond acceptors (Lipinski definition) is 6. The van der Waals surface area contributed by atoms with E-state index < -0.39 is 9.84 Å². The molecule has 5 nitrogen and oxygen atoms in total. The van der Waals surface area contributed by atoms with E-state index in [0.29, 0.717) is 5.00 Å². The van der Waals surface area contributed by atoms with Gasteiger partial charge in [0.25, 0.3) is 0 Å². The summed E-state index contributed by atoms with van der Waals surface area (Å²) in [4.78, 5) is 2.26. The van der Waals surface area contributed by atoms with Crippen LogP contribution in [0.25, 0.3) is 0 Å². The molecule has 0 saturated heterocycles. The Labute approximate surface area is 118 Å². The van der Waals surface area contributed by atoms with E-state index >= 15 is 0 Å². The Kier molecular flexibility index (Phi) is 5.20. The Morgan fingerprint density at radius 1 is 1.42 bits per heavy atom. The zero-order valence-electron chi connectivity index (χ0n) is 11.4. The van der Waals surface area contributed by atoms with Gasteiger partial charge in [-0.2, -0.15) is 5.26 Å². The third-order valence-corrected chi connectivity index (χ3v) is 6.02. The predicted octanol–water partition coefficient (Wildman–Crippen LogP) is 2.23. The number of thiophene rings is 1. The summed E-state index contributed by atoms with van der Waals surface area (Å²) in [6, 6.07) is 1.97. The molecule has 2 N–H and O–H groups in total. The molecule has 106 valence electrons. The number of sulfone groups is 1. The highest BCUT2D eigenvalue weighted by Crippen LogP contribution is 2.41. The van der Waals surface area contributed by atoms with Crippen molar-refractivity contribution < 1.29 is 8.42 Å². The average Bonchev–Trinajstić information content (AvgIpc) is 2.73. The number of rotatable bonds is 6. The molecular formula is C12H19N3O2S2. The van der Waals surface area contributed by atoms with Crippen molar-refractivity contribution in [3.8, 4) is 6.07 Å². The lowest BCUT2D eigenvalue weighted by molar-refractivity contribution is 0.597. The highest BCUT2D eigenvalue weighted by Gasteiger charge is 2.27. The zero-order valence-corrected chi connectivity index (χ0v) is 13.1. The summed E-state index contributed by atoms with van der Waals surface area (Å²) in [5.74, 6) is -0.0204. The minimum atomic E-state index is -3.43. The van der Waals surface area contributed by atoms with E-state index in [2.05, 4.69) is 6.92 Å². The minimum Gasteiger partial charge on any atom is -0.396 e. The number of nitrogens with zero attached hydrogens (tertiary/aromatic N) is 2. The van der Waals surface area contributed by atoms with Gasteiger partial charge in [-0.15, -0.1) is 11.3 Å². The van der Waals surface area contributed by atoms with E-state index in [4.69, 9.17) is 11.0 Å². The summed E-state index contributed by atoms with van der Waals surface area (Å²) in [6.45, 7) is 4.39. The summed E-state index contributed by atoms with van der Waals surface area (Å²) < 4.78 is 24.3. The fourth-order valence-electron chi connectivity index (χ4n) is 1.69. The van der Waals surface area contributed by atoms with E-state index in [1.807, 2.05) is 18.0 Å². The van der Waals surface area contributed by atoms with Crippen molar-refractivity contribution in [2.24, 2.45) is 0 Å². The smallest absolute Gasteiger partial charge is 0.183 e. The monoisotopic (exact) mass is 301 g/mol. The standard InChI is InChI=1S/C12H19N3O2S2/c1-4-6-7-15(3)12-11(19(16,17)5-2)10(14)9(8-13)18-12/h4-7,14H2,1-3H3. The zero-order chi connectivity index (χ0) is 14.6. The molecule has 0 aromatic carbocycles. The second-order valence-corrected chi connectivity index (χ2v) is 7.48. The van der Waals surface area contributed by atoms with Crippen LogP contribution in [0.1, 0.15) is 31.6 Å². The van der Waals surface area contributed by atoms with Gasteiger partial charge in [-0.3, -0.25) is 0 Å². The summed E-state index contributed by atoms with van der Waals surface area (Å²) in [5, 5.41) is 9.59. The Bertz CT molecular complexity index is 585. The van der Waals surface area contributed by atoms with Gasteiger partial charge < -0.3 is 10.6 Å². The summed E-state index contributed by atoms with van der Waals surface area (Å²) >= 11 is 1.15. The van der Waals surface area contributed by atoms with Crippen molar-refractivity contribution in [3.05, 3.63) is 4.88 Å². The molecule has 0 radical (unpaired) electrons. The topological polar surface area (TPSA) is 87.2 Å². The van der Waals surface area contributed by atoms with Crippen molar-refractivity contribution in [3.63, 3.8) is 0 Å². The minimum absolute atomic E-state index is 0.0204. The SMILES string of the molecule is CCCCN(C)c1sc(C#N)c(N)c1S(=O)(=O)CC. The maximum atomic E-state index is 12.1. The third-order valence-electron chi connectivity index (χ3n) is 2.87. The van der Waals surface area contributed by atoms with Gasteiger partial charge in [0.2, 0.25) is 0 Å². The number of anilines is 2. The maximum Gasteiger partial charge on any atom is 0.183 e. The van der Waals surface area contributed by atoms with Crippen LogP contribution in [0.15, 0.2) is 4.90 Å². The van der Waals surface area contributed by atoms with Crippen molar-refractivity contribution >= 4 is 31.9 Å². The number of nitrogen functional groups attached to an aromatic ring is 1. The molecular weight excluding hydrogens is 282 g/mol. The quantitative estimate of drug-likeness (QED) is 0.870. The van der Waals surface area contributed by atoms with E-state index in [0.717, 1.165) is 30.7 Å². The average molecular weight is 301 g/mol. The molecule has 0 unspecified atom stereocenters. The molecule has 1 aromatic rings. The lowest BCUT2D eigenvalue weighted by Gasteiger charge is -2.18. The number of hydrogen-bond donors (Lipinski definition) is 1. The molecule has 0 atom stereocenters. The Morgan fingerprint density at radius 3 is 2.53 bits per heavy atom. The molecule has 0 aliphatic heterocycles. The molecule has 0 fully saturated rings. The fraction of sp³-hybridized carbons (Fsp3) is 0.583. The fourth-order valence-corrected chi connectivity index (χ4v) is 4.31. The highest BCUT2D eigenvalue weighted by atomic mass is 32.2. The van der Waals surface area contributed by atoms with E-state index in [-0.39, 0.29) is 21.2 Å². The van der Waals surface area contributed by atoms with Crippen molar-refractivity contribution in [1.29, 1.82) is 5.26 Å².